The van der Waals surface area contributed by atoms with Gasteiger partial charge in [-0.1, -0.05) is 0 Å². The van der Waals surface area contributed by atoms with E-state index in [2.05, 4.69) is 10.2 Å². The lowest BCUT2D eigenvalue weighted by atomic mass is 10.2. The molecule has 0 bridgehead atoms. The van der Waals surface area contributed by atoms with Crippen molar-refractivity contribution >= 4 is 28.3 Å². The van der Waals surface area contributed by atoms with Crippen LogP contribution in [0.4, 0.5) is 20.6 Å². The highest BCUT2D eigenvalue weighted by Gasteiger charge is 2.33. The minimum Gasteiger partial charge on any atom is -0.442 e. The number of hydrogen-bond acceptors (Lipinski definition) is 6. The molecule has 2 fully saturated rings. The fraction of sp³-hybridized carbons (Fsp3) is 0.471. The van der Waals surface area contributed by atoms with Gasteiger partial charge in [0.05, 0.1) is 36.9 Å². The number of amides is 1. The van der Waals surface area contributed by atoms with E-state index in [0.717, 1.165) is 6.42 Å². The molecule has 0 N–H and O–H groups in total. The molecule has 27 heavy (non-hydrogen) atoms. The Morgan fingerprint density at radius 2 is 2.04 bits per heavy atom. The van der Waals surface area contributed by atoms with Gasteiger partial charge in [-0.25, -0.2) is 9.18 Å². The van der Waals surface area contributed by atoms with Crippen molar-refractivity contribution in [2.45, 2.75) is 19.1 Å². The van der Waals surface area contributed by atoms with Gasteiger partial charge in [0.15, 0.2) is 0 Å². The van der Waals surface area contributed by atoms with Gasteiger partial charge in [-0.15, -0.1) is 0 Å². The second-order valence-electron chi connectivity index (χ2n) is 6.52. The molecule has 1 aromatic heterocycles. The van der Waals surface area contributed by atoms with Crippen LogP contribution in [0.15, 0.2) is 30.6 Å². The average molecular weight is 393 g/mol. The first kappa shape index (κ1) is 17.9. The fourth-order valence-corrected chi connectivity index (χ4v) is 4.43. The van der Waals surface area contributed by atoms with Gasteiger partial charge in [-0.2, -0.15) is 15.0 Å². The number of carbonyl (C=O) groups is 1. The topological polar surface area (TPSA) is 80.6 Å². The Bertz CT molecular complexity index is 847. The third-order valence-electron chi connectivity index (χ3n) is 4.68. The van der Waals surface area contributed by atoms with E-state index in [0.29, 0.717) is 49.1 Å². The Labute approximate surface area is 158 Å². The molecule has 0 saturated carbocycles. The van der Waals surface area contributed by atoms with Crippen LogP contribution in [0.25, 0.3) is 0 Å². The second kappa shape index (κ2) is 7.63. The van der Waals surface area contributed by atoms with Crippen LogP contribution in [0.3, 0.4) is 0 Å². The minimum absolute atomic E-state index is 0.307. The van der Waals surface area contributed by atoms with Gasteiger partial charge in [-0.05, 0) is 24.6 Å². The Morgan fingerprint density at radius 1 is 1.22 bits per heavy atom. The minimum atomic E-state index is -0.833. The Morgan fingerprint density at radius 3 is 2.81 bits per heavy atom. The van der Waals surface area contributed by atoms with Gasteiger partial charge in [0.25, 0.3) is 0 Å². The smallest absolute Gasteiger partial charge is 0.414 e. The first-order chi connectivity index (χ1) is 13.1. The number of hydrogen-bond donors (Lipinski definition) is 0. The molecule has 8 nitrogen and oxygen atoms in total. The van der Waals surface area contributed by atoms with Crippen LogP contribution in [0.2, 0.25) is 0 Å². The van der Waals surface area contributed by atoms with E-state index in [-0.39, 0.29) is 0 Å². The monoisotopic (exact) mass is 393 g/mol. The molecular weight excluding hydrogens is 373 g/mol. The van der Waals surface area contributed by atoms with Crippen molar-refractivity contribution in [2.75, 3.05) is 40.9 Å². The molecule has 1 amide bonds. The summed E-state index contributed by atoms with van der Waals surface area (Å²) < 4.78 is 31.7. The molecule has 2 atom stereocenters. The first-order valence-corrected chi connectivity index (χ1v) is 10.3. The summed E-state index contributed by atoms with van der Waals surface area (Å²) in [5, 5.41) is 8.00. The summed E-state index contributed by atoms with van der Waals surface area (Å²) in [7, 11) is -0.833. The summed E-state index contributed by atoms with van der Waals surface area (Å²) >= 11 is 0. The van der Waals surface area contributed by atoms with E-state index in [1.807, 2.05) is 4.90 Å². The third kappa shape index (κ3) is 3.95. The van der Waals surface area contributed by atoms with Gasteiger partial charge >= 0.3 is 6.09 Å². The van der Waals surface area contributed by atoms with Crippen molar-refractivity contribution in [1.82, 2.24) is 15.0 Å². The zero-order chi connectivity index (χ0) is 18.8. The summed E-state index contributed by atoms with van der Waals surface area (Å²) in [5.74, 6) is 0.802. The van der Waals surface area contributed by atoms with E-state index in [1.54, 1.807) is 24.5 Å². The predicted molar refractivity (Wildman–Crippen MR) is 98.7 cm³/mol. The lowest BCUT2D eigenvalue weighted by molar-refractivity contribution is 0.126. The molecule has 0 aliphatic carbocycles. The molecule has 2 saturated heterocycles. The van der Waals surface area contributed by atoms with Gasteiger partial charge in [0.2, 0.25) is 0 Å². The number of nitrogens with zero attached hydrogens (tertiary/aromatic N) is 5. The van der Waals surface area contributed by atoms with E-state index >= 15 is 0 Å². The highest BCUT2D eigenvalue weighted by atomic mass is 32.2. The summed E-state index contributed by atoms with van der Waals surface area (Å²) in [6.45, 7) is 1.89. The maximum absolute atomic E-state index is 14.7. The highest BCUT2D eigenvalue weighted by Crippen LogP contribution is 2.28. The molecule has 144 valence electrons. The fourth-order valence-electron chi connectivity index (χ4n) is 3.35. The summed E-state index contributed by atoms with van der Waals surface area (Å²) in [6.07, 6.45) is 2.98. The Hall–Kier alpha value is -2.49. The number of halogens is 1. The predicted octanol–water partition coefficient (Wildman–Crippen LogP) is 1.40. The van der Waals surface area contributed by atoms with E-state index < -0.39 is 28.8 Å². The lowest BCUT2D eigenvalue weighted by Crippen LogP contribution is -2.28. The maximum atomic E-state index is 14.7. The van der Waals surface area contributed by atoms with Crippen LogP contribution < -0.4 is 9.80 Å². The number of ether oxygens (including phenoxy) is 1. The summed E-state index contributed by atoms with van der Waals surface area (Å²) in [6, 6.07) is 4.75. The molecule has 2 aliphatic heterocycles. The van der Waals surface area contributed by atoms with Crippen LogP contribution >= 0.6 is 0 Å². The Balaban J connectivity index is 1.47. The van der Waals surface area contributed by atoms with Crippen molar-refractivity contribution in [2.24, 2.45) is 0 Å². The lowest BCUT2D eigenvalue weighted by Gasteiger charge is -2.23. The second-order valence-corrected chi connectivity index (χ2v) is 8.22. The van der Waals surface area contributed by atoms with E-state index in [4.69, 9.17) is 4.74 Å². The molecule has 4 rings (SSSR count). The number of cyclic esters (lactones) is 1. The largest absolute Gasteiger partial charge is 0.442 e. The van der Waals surface area contributed by atoms with Crippen LogP contribution in [0.1, 0.15) is 6.42 Å². The average Bonchev–Trinajstić information content (AvgIpc) is 3.22. The summed E-state index contributed by atoms with van der Waals surface area (Å²) in [5.41, 5.74) is 0.929. The SMILES string of the molecule is O=C1O[C@@H](Cn2nccn2)CN1c1ccc(N2CCCS(=O)CC2)c(F)c1. The van der Waals surface area contributed by atoms with Crippen molar-refractivity contribution in [3.8, 4) is 0 Å². The molecule has 1 unspecified atom stereocenters. The third-order valence-corrected chi connectivity index (χ3v) is 6.06. The number of aromatic nitrogens is 3. The molecule has 0 radical (unpaired) electrons. The zero-order valence-electron chi connectivity index (χ0n) is 14.7. The normalized spacial score (nSPS) is 23.4. The van der Waals surface area contributed by atoms with Gasteiger partial charge < -0.3 is 9.64 Å². The molecule has 10 heteroatoms. The van der Waals surface area contributed by atoms with Crippen molar-refractivity contribution < 1.29 is 18.1 Å². The Kier molecular flexibility index (Phi) is 5.06. The quantitative estimate of drug-likeness (QED) is 0.781. The van der Waals surface area contributed by atoms with Crippen LogP contribution in [0.5, 0.6) is 0 Å². The molecule has 3 heterocycles. The number of rotatable bonds is 4. The van der Waals surface area contributed by atoms with Gasteiger partial charge in [0.1, 0.15) is 11.9 Å². The number of carbonyl (C=O) groups excluding carboxylic acids is 1. The van der Waals surface area contributed by atoms with E-state index in [9.17, 15) is 13.4 Å². The number of anilines is 2. The van der Waals surface area contributed by atoms with Crippen molar-refractivity contribution in [3.63, 3.8) is 0 Å². The van der Waals surface area contributed by atoms with Gasteiger partial charge in [-0.3, -0.25) is 9.11 Å². The summed E-state index contributed by atoms with van der Waals surface area (Å²) in [4.78, 5) is 17.0. The highest BCUT2D eigenvalue weighted by molar-refractivity contribution is 7.85. The zero-order valence-corrected chi connectivity index (χ0v) is 15.5. The van der Waals surface area contributed by atoms with Crippen molar-refractivity contribution in [1.29, 1.82) is 0 Å². The molecule has 1 aromatic carbocycles. The molecule has 2 aliphatic rings. The number of benzene rings is 1. The standard InChI is InChI=1S/C17H20FN5O3S/c18-15-10-13(2-3-16(15)21-6-1-8-27(25)9-7-21)22-11-14(26-17(22)24)12-23-19-4-5-20-23/h2-5,10,14H,1,6-9,11-12H2/t14-,27?/m1/s1. The van der Waals surface area contributed by atoms with E-state index in [1.165, 1.54) is 15.8 Å². The molecule has 0 spiro atoms. The van der Waals surface area contributed by atoms with Crippen LogP contribution in [-0.2, 0) is 22.1 Å². The first-order valence-electron chi connectivity index (χ1n) is 8.82. The van der Waals surface area contributed by atoms with Crippen LogP contribution in [0, 0.1) is 5.82 Å². The molecule has 2 aromatic rings. The molecular formula is C17H20FN5O3S. The maximum Gasteiger partial charge on any atom is 0.414 e. The van der Waals surface area contributed by atoms with Gasteiger partial charge in [0, 0.05) is 35.4 Å². The van der Waals surface area contributed by atoms with Crippen LogP contribution in [-0.4, -0.2) is 62.5 Å². The van der Waals surface area contributed by atoms with Crippen molar-refractivity contribution in [3.05, 3.63) is 36.4 Å².